The van der Waals surface area contributed by atoms with Crippen LogP contribution in [0.2, 0.25) is 0 Å². The van der Waals surface area contributed by atoms with Gasteiger partial charge < -0.3 is 4.74 Å². The summed E-state index contributed by atoms with van der Waals surface area (Å²) in [7, 11) is 0. The molecule has 0 aliphatic rings. The van der Waals surface area contributed by atoms with Crippen molar-refractivity contribution in [1.82, 2.24) is 4.98 Å². The van der Waals surface area contributed by atoms with E-state index < -0.39 is 4.92 Å². The molecule has 2 heterocycles. The molecule has 2 aromatic rings. The largest absolute Gasteiger partial charge is 0.418 e. The second-order valence-corrected chi connectivity index (χ2v) is 3.27. The molecule has 0 bridgehead atoms. The summed E-state index contributed by atoms with van der Waals surface area (Å²) in [5.41, 5.74) is -0.0512. The first-order chi connectivity index (χ1) is 8.25. The predicted molar refractivity (Wildman–Crippen MR) is 58.2 cm³/mol. The number of ether oxygens (including phenoxy) is 1. The molecule has 86 valence electrons. The smallest absolute Gasteiger partial charge is 0.293 e. The van der Waals surface area contributed by atoms with Crippen molar-refractivity contribution in [2.75, 3.05) is 0 Å². The van der Waals surface area contributed by atoms with Gasteiger partial charge in [-0.1, -0.05) is 6.07 Å². The van der Waals surface area contributed by atoms with Crippen molar-refractivity contribution in [1.29, 1.82) is 0 Å². The molecule has 0 saturated heterocycles. The molecule has 0 spiro atoms. The fraction of sp³-hybridized carbons (Fsp3) is 0.0909. The first-order valence-electron chi connectivity index (χ1n) is 4.93. The number of aromatic nitrogens is 2. The van der Waals surface area contributed by atoms with E-state index in [2.05, 4.69) is 4.98 Å². The highest BCUT2D eigenvalue weighted by molar-refractivity contribution is 5.28. The Morgan fingerprint density at radius 3 is 2.65 bits per heavy atom. The van der Waals surface area contributed by atoms with Gasteiger partial charge in [0.05, 0.1) is 4.92 Å². The molecule has 0 radical (unpaired) electrons. The maximum absolute atomic E-state index is 10.4. The lowest BCUT2D eigenvalue weighted by atomic mass is 10.4. The molecule has 0 saturated carbocycles. The monoisotopic (exact) mass is 232 g/mol. The van der Waals surface area contributed by atoms with E-state index in [0.717, 1.165) is 0 Å². The van der Waals surface area contributed by atoms with E-state index in [1.165, 1.54) is 18.3 Å². The Labute approximate surface area is 97.3 Å². The lowest BCUT2D eigenvalue weighted by Crippen LogP contribution is -2.35. The lowest BCUT2D eigenvalue weighted by molar-refractivity contribution is -0.724. The van der Waals surface area contributed by atoms with E-state index in [4.69, 9.17) is 4.74 Å². The predicted octanol–water partition coefficient (Wildman–Crippen LogP) is 1.31. The van der Waals surface area contributed by atoms with Gasteiger partial charge >= 0.3 is 0 Å². The van der Waals surface area contributed by atoms with Crippen molar-refractivity contribution in [2.24, 2.45) is 0 Å². The Morgan fingerprint density at radius 1 is 1.29 bits per heavy atom. The van der Waals surface area contributed by atoms with Gasteiger partial charge in [-0.25, -0.2) is 4.98 Å². The molecule has 0 unspecified atom stereocenters. The minimum absolute atomic E-state index is 0.0512. The molecular formula is C11H10N3O3+. The summed E-state index contributed by atoms with van der Waals surface area (Å²) in [6, 6.07) is 8.50. The quantitative estimate of drug-likeness (QED) is 0.453. The van der Waals surface area contributed by atoms with Crippen LogP contribution in [0.5, 0.6) is 5.88 Å². The summed E-state index contributed by atoms with van der Waals surface area (Å²) in [5, 5.41) is 10.4. The van der Waals surface area contributed by atoms with E-state index >= 15 is 0 Å². The van der Waals surface area contributed by atoms with Crippen LogP contribution >= 0.6 is 0 Å². The fourth-order valence-corrected chi connectivity index (χ4v) is 1.23. The summed E-state index contributed by atoms with van der Waals surface area (Å²) in [4.78, 5) is 13.8. The SMILES string of the molecule is O=[N+]([O-])c1ccc(OC[n+]2ccccc2)nc1. The van der Waals surface area contributed by atoms with E-state index in [1.807, 2.05) is 35.2 Å². The van der Waals surface area contributed by atoms with Gasteiger partial charge in [-0.05, 0) is 0 Å². The number of nitro groups is 1. The molecule has 6 heteroatoms. The van der Waals surface area contributed by atoms with Gasteiger partial charge in [0, 0.05) is 24.3 Å². The average molecular weight is 232 g/mol. The molecule has 0 aliphatic carbocycles. The van der Waals surface area contributed by atoms with Crippen LogP contribution < -0.4 is 9.30 Å². The van der Waals surface area contributed by atoms with Crippen LogP contribution in [0, 0.1) is 10.1 Å². The summed E-state index contributed by atoms with van der Waals surface area (Å²) in [6.07, 6.45) is 4.88. The molecule has 6 nitrogen and oxygen atoms in total. The Morgan fingerprint density at radius 2 is 2.06 bits per heavy atom. The molecule has 0 aliphatic heterocycles. The molecular weight excluding hydrogens is 222 g/mol. The molecule has 2 aromatic heterocycles. The van der Waals surface area contributed by atoms with Crippen molar-refractivity contribution < 1.29 is 14.2 Å². The molecule has 0 aromatic carbocycles. The zero-order valence-electron chi connectivity index (χ0n) is 8.89. The minimum Gasteiger partial charge on any atom is -0.418 e. The van der Waals surface area contributed by atoms with Gasteiger partial charge in [-0.2, -0.15) is 4.57 Å². The number of pyridine rings is 2. The maximum Gasteiger partial charge on any atom is 0.293 e. The van der Waals surface area contributed by atoms with E-state index in [1.54, 1.807) is 0 Å². The topological polar surface area (TPSA) is 69.1 Å². The zero-order chi connectivity index (χ0) is 12.1. The molecule has 0 amide bonds. The summed E-state index contributed by atoms with van der Waals surface area (Å²) in [6.45, 7) is 0.311. The van der Waals surface area contributed by atoms with E-state index in [0.29, 0.717) is 12.6 Å². The van der Waals surface area contributed by atoms with Crippen molar-refractivity contribution in [3.63, 3.8) is 0 Å². The third kappa shape index (κ3) is 2.97. The highest BCUT2D eigenvalue weighted by Gasteiger charge is 2.06. The van der Waals surface area contributed by atoms with Crippen LogP contribution in [0.4, 0.5) is 5.69 Å². The van der Waals surface area contributed by atoms with Crippen LogP contribution in [-0.4, -0.2) is 9.91 Å². The fourth-order valence-electron chi connectivity index (χ4n) is 1.23. The van der Waals surface area contributed by atoms with Gasteiger partial charge in [-0.15, -0.1) is 0 Å². The van der Waals surface area contributed by atoms with Crippen LogP contribution in [0.1, 0.15) is 0 Å². The number of rotatable bonds is 4. The molecule has 17 heavy (non-hydrogen) atoms. The highest BCUT2D eigenvalue weighted by Crippen LogP contribution is 2.13. The van der Waals surface area contributed by atoms with Crippen LogP contribution in [0.3, 0.4) is 0 Å². The maximum atomic E-state index is 10.4. The molecule has 0 atom stereocenters. The standard InChI is InChI=1S/C11H10N3O3/c15-14(16)10-4-5-11(12-8-10)17-9-13-6-2-1-3-7-13/h1-8H,9H2/q+1. The van der Waals surface area contributed by atoms with E-state index in [-0.39, 0.29) is 5.69 Å². The van der Waals surface area contributed by atoms with Crippen LogP contribution in [-0.2, 0) is 6.73 Å². The summed E-state index contributed by atoms with van der Waals surface area (Å²) in [5.74, 6) is 0.354. The number of hydrogen-bond acceptors (Lipinski definition) is 4. The highest BCUT2D eigenvalue weighted by atomic mass is 16.6. The minimum atomic E-state index is -0.497. The third-order valence-electron chi connectivity index (χ3n) is 2.07. The Hall–Kier alpha value is -2.50. The van der Waals surface area contributed by atoms with Crippen molar-refractivity contribution in [2.45, 2.75) is 6.73 Å². The van der Waals surface area contributed by atoms with Crippen molar-refractivity contribution in [3.05, 3.63) is 59.0 Å². The first kappa shape index (κ1) is 11.0. The molecule has 0 N–H and O–H groups in total. The lowest BCUT2D eigenvalue weighted by Gasteiger charge is -2.00. The normalized spacial score (nSPS) is 9.88. The van der Waals surface area contributed by atoms with E-state index in [9.17, 15) is 10.1 Å². The van der Waals surface area contributed by atoms with Gasteiger partial charge in [0.1, 0.15) is 6.20 Å². The van der Waals surface area contributed by atoms with Crippen molar-refractivity contribution >= 4 is 5.69 Å². The second-order valence-electron chi connectivity index (χ2n) is 3.27. The van der Waals surface area contributed by atoms with Crippen molar-refractivity contribution in [3.8, 4) is 5.88 Å². The Kier molecular flexibility index (Phi) is 3.25. The summed E-state index contributed by atoms with van der Waals surface area (Å²) < 4.78 is 7.18. The van der Waals surface area contributed by atoms with Gasteiger partial charge in [0.2, 0.25) is 5.88 Å². The first-order valence-corrected chi connectivity index (χ1v) is 4.93. The Bertz CT molecular complexity index is 499. The van der Waals surface area contributed by atoms with Gasteiger partial charge in [0.15, 0.2) is 12.4 Å². The number of nitrogens with zero attached hydrogens (tertiary/aromatic N) is 3. The Balaban J connectivity index is 1.98. The van der Waals surface area contributed by atoms with Gasteiger partial charge in [0.25, 0.3) is 12.4 Å². The summed E-state index contributed by atoms with van der Waals surface area (Å²) >= 11 is 0. The molecule has 0 fully saturated rings. The third-order valence-corrected chi connectivity index (χ3v) is 2.07. The average Bonchev–Trinajstić information content (AvgIpc) is 2.38. The second kappa shape index (κ2) is 5.02. The van der Waals surface area contributed by atoms with Gasteiger partial charge in [-0.3, -0.25) is 10.1 Å². The zero-order valence-corrected chi connectivity index (χ0v) is 8.89. The van der Waals surface area contributed by atoms with Crippen LogP contribution in [0.25, 0.3) is 0 Å². The molecule has 2 rings (SSSR count). The number of hydrogen-bond donors (Lipinski definition) is 0. The van der Waals surface area contributed by atoms with Crippen LogP contribution in [0.15, 0.2) is 48.9 Å².